The van der Waals surface area contributed by atoms with Crippen LogP contribution in [0.15, 0.2) is 42.6 Å². The molecule has 1 aromatic carbocycles. The third-order valence-electron chi connectivity index (χ3n) is 4.54. The van der Waals surface area contributed by atoms with E-state index in [0.29, 0.717) is 6.42 Å². The van der Waals surface area contributed by atoms with Crippen LogP contribution in [0.3, 0.4) is 0 Å². The van der Waals surface area contributed by atoms with Crippen LogP contribution < -0.4 is 0 Å². The molecule has 0 bridgehead atoms. The first-order chi connectivity index (χ1) is 11.8. The minimum atomic E-state index is -0.795. The summed E-state index contributed by atoms with van der Waals surface area (Å²) >= 11 is 0. The molecule has 0 radical (unpaired) electrons. The van der Waals surface area contributed by atoms with Crippen LogP contribution in [-0.4, -0.2) is 20.5 Å². The number of aryl methyl sites for hydroxylation is 2. The second-order valence-corrected chi connectivity index (χ2v) is 7.51. The molecule has 0 spiro atoms. The van der Waals surface area contributed by atoms with Crippen molar-refractivity contribution in [1.82, 2.24) is 9.38 Å². The molecule has 25 heavy (non-hydrogen) atoms. The smallest absolute Gasteiger partial charge is 0.303 e. The Morgan fingerprint density at radius 1 is 1.16 bits per heavy atom. The number of hydrogen-bond acceptors (Lipinski definition) is 2. The fourth-order valence-corrected chi connectivity index (χ4v) is 3.08. The summed E-state index contributed by atoms with van der Waals surface area (Å²) in [4.78, 5) is 15.9. The van der Waals surface area contributed by atoms with Gasteiger partial charge in [-0.25, -0.2) is 4.98 Å². The molecule has 2 aromatic heterocycles. The molecule has 1 N–H and O–H groups in total. The average Bonchev–Trinajstić information content (AvgIpc) is 2.92. The number of imidazole rings is 1. The van der Waals surface area contributed by atoms with Crippen molar-refractivity contribution in [2.75, 3.05) is 0 Å². The Bertz CT molecular complexity index is 915. The van der Waals surface area contributed by atoms with Gasteiger partial charge in [-0.15, -0.1) is 0 Å². The second kappa shape index (κ2) is 6.36. The lowest BCUT2D eigenvalue weighted by molar-refractivity contribution is -0.136. The standard InChI is InChI=1S/C21H24N2O2/c1-14-6-5-13-23-17(11-12-18(24)25)19(22-20(14)23)15-7-9-16(10-8-15)21(2,3)4/h5-10,13H,11-12H2,1-4H3,(H,24,25). The summed E-state index contributed by atoms with van der Waals surface area (Å²) in [6.07, 6.45) is 2.50. The Hall–Kier alpha value is -2.62. The first kappa shape index (κ1) is 17.2. The summed E-state index contributed by atoms with van der Waals surface area (Å²) in [5.41, 5.74) is 6.18. The lowest BCUT2D eigenvalue weighted by atomic mass is 9.86. The number of carboxylic acids is 1. The van der Waals surface area contributed by atoms with Gasteiger partial charge in [0, 0.05) is 18.2 Å². The van der Waals surface area contributed by atoms with Crippen LogP contribution in [0.2, 0.25) is 0 Å². The number of pyridine rings is 1. The van der Waals surface area contributed by atoms with Crippen molar-refractivity contribution >= 4 is 11.6 Å². The summed E-state index contributed by atoms with van der Waals surface area (Å²) in [7, 11) is 0. The highest BCUT2D eigenvalue weighted by Crippen LogP contribution is 2.29. The largest absolute Gasteiger partial charge is 0.481 e. The van der Waals surface area contributed by atoms with Crippen LogP contribution >= 0.6 is 0 Å². The fraction of sp³-hybridized carbons (Fsp3) is 0.333. The molecular weight excluding hydrogens is 312 g/mol. The monoisotopic (exact) mass is 336 g/mol. The maximum atomic E-state index is 11.1. The normalized spacial score (nSPS) is 11.8. The Labute approximate surface area is 148 Å². The van der Waals surface area contributed by atoms with Crippen molar-refractivity contribution in [2.45, 2.75) is 46.0 Å². The number of hydrogen-bond donors (Lipinski definition) is 1. The Morgan fingerprint density at radius 2 is 1.84 bits per heavy atom. The van der Waals surface area contributed by atoms with Crippen LogP contribution in [0, 0.1) is 6.92 Å². The molecule has 3 aromatic rings. The molecule has 0 unspecified atom stereocenters. The van der Waals surface area contributed by atoms with E-state index in [9.17, 15) is 4.79 Å². The highest BCUT2D eigenvalue weighted by Gasteiger charge is 2.18. The number of aromatic nitrogens is 2. The maximum Gasteiger partial charge on any atom is 0.303 e. The van der Waals surface area contributed by atoms with E-state index in [2.05, 4.69) is 45.0 Å². The van der Waals surface area contributed by atoms with E-state index in [4.69, 9.17) is 10.1 Å². The van der Waals surface area contributed by atoms with E-state index in [0.717, 1.165) is 28.2 Å². The number of rotatable bonds is 4. The molecule has 0 saturated heterocycles. The molecule has 3 rings (SSSR count). The molecule has 4 heteroatoms. The molecular formula is C21H24N2O2. The zero-order valence-electron chi connectivity index (χ0n) is 15.2. The summed E-state index contributed by atoms with van der Waals surface area (Å²) in [5, 5.41) is 9.10. The van der Waals surface area contributed by atoms with E-state index in [1.807, 2.05) is 29.7 Å². The van der Waals surface area contributed by atoms with Crippen molar-refractivity contribution in [3.63, 3.8) is 0 Å². The summed E-state index contributed by atoms with van der Waals surface area (Å²) in [6, 6.07) is 12.4. The number of nitrogens with zero attached hydrogens (tertiary/aromatic N) is 2. The predicted octanol–water partition coefficient (Wildman–Crippen LogP) is 4.62. The summed E-state index contributed by atoms with van der Waals surface area (Å²) < 4.78 is 2.02. The van der Waals surface area contributed by atoms with Gasteiger partial charge in [-0.3, -0.25) is 4.79 Å². The van der Waals surface area contributed by atoms with Gasteiger partial charge < -0.3 is 9.51 Å². The summed E-state index contributed by atoms with van der Waals surface area (Å²) in [6.45, 7) is 8.59. The SMILES string of the molecule is Cc1cccn2c(CCC(=O)O)c(-c3ccc(C(C)(C)C)cc3)nc12. The molecule has 0 fully saturated rings. The predicted molar refractivity (Wildman–Crippen MR) is 100 cm³/mol. The van der Waals surface area contributed by atoms with E-state index in [-0.39, 0.29) is 11.8 Å². The van der Waals surface area contributed by atoms with Crippen LogP contribution in [0.5, 0.6) is 0 Å². The molecule has 0 atom stereocenters. The number of fused-ring (bicyclic) bond motifs is 1. The topological polar surface area (TPSA) is 54.6 Å². The lowest BCUT2D eigenvalue weighted by Crippen LogP contribution is -2.10. The number of benzene rings is 1. The van der Waals surface area contributed by atoms with Crippen LogP contribution in [0.25, 0.3) is 16.9 Å². The molecule has 2 heterocycles. The number of carbonyl (C=O) groups is 1. The molecule has 130 valence electrons. The molecule has 0 aliphatic carbocycles. The van der Waals surface area contributed by atoms with E-state index in [1.54, 1.807) is 0 Å². The minimum absolute atomic E-state index is 0.0921. The van der Waals surface area contributed by atoms with Crippen molar-refractivity contribution in [3.05, 3.63) is 59.4 Å². The first-order valence-corrected chi connectivity index (χ1v) is 8.56. The Kier molecular flexibility index (Phi) is 4.38. The zero-order valence-corrected chi connectivity index (χ0v) is 15.2. The Morgan fingerprint density at radius 3 is 2.44 bits per heavy atom. The summed E-state index contributed by atoms with van der Waals surface area (Å²) in [5.74, 6) is -0.795. The van der Waals surface area contributed by atoms with Crippen LogP contribution in [0.4, 0.5) is 0 Å². The van der Waals surface area contributed by atoms with Gasteiger partial charge in [0.25, 0.3) is 0 Å². The Balaban J connectivity index is 2.12. The number of carboxylic acid groups (broad SMARTS) is 1. The molecule has 0 amide bonds. The van der Waals surface area contributed by atoms with E-state index < -0.39 is 5.97 Å². The highest BCUT2D eigenvalue weighted by atomic mass is 16.4. The van der Waals surface area contributed by atoms with Gasteiger partial charge in [-0.2, -0.15) is 0 Å². The van der Waals surface area contributed by atoms with Crippen molar-refractivity contribution in [3.8, 4) is 11.3 Å². The zero-order chi connectivity index (χ0) is 18.2. The van der Waals surface area contributed by atoms with E-state index in [1.165, 1.54) is 5.56 Å². The average molecular weight is 336 g/mol. The van der Waals surface area contributed by atoms with Crippen molar-refractivity contribution in [2.24, 2.45) is 0 Å². The lowest BCUT2D eigenvalue weighted by Gasteiger charge is -2.19. The van der Waals surface area contributed by atoms with Crippen LogP contribution in [-0.2, 0) is 16.6 Å². The van der Waals surface area contributed by atoms with Gasteiger partial charge in [0.1, 0.15) is 5.65 Å². The molecule has 0 aliphatic rings. The van der Waals surface area contributed by atoms with Gasteiger partial charge in [-0.05, 0) is 29.5 Å². The van der Waals surface area contributed by atoms with Crippen LogP contribution in [0.1, 0.15) is 44.0 Å². The minimum Gasteiger partial charge on any atom is -0.481 e. The van der Waals surface area contributed by atoms with Crippen molar-refractivity contribution in [1.29, 1.82) is 0 Å². The fourth-order valence-electron chi connectivity index (χ4n) is 3.08. The molecule has 4 nitrogen and oxygen atoms in total. The van der Waals surface area contributed by atoms with Gasteiger partial charge in [0.2, 0.25) is 0 Å². The van der Waals surface area contributed by atoms with Gasteiger partial charge in [-0.1, -0.05) is 51.1 Å². The third-order valence-corrected chi connectivity index (χ3v) is 4.54. The van der Waals surface area contributed by atoms with Gasteiger partial charge in [0.05, 0.1) is 17.8 Å². The van der Waals surface area contributed by atoms with E-state index >= 15 is 0 Å². The van der Waals surface area contributed by atoms with Gasteiger partial charge in [0.15, 0.2) is 0 Å². The molecule has 0 aliphatic heterocycles. The maximum absolute atomic E-state index is 11.1. The molecule has 0 saturated carbocycles. The van der Waals surface area contributed by atoms with Crippen molar-refractivity contribution < 1.29 is 9.90 Å². The highest BCUT2D eigenvalue weighted by molar-refractivity contribution is 5.71. The first-order valence-electron chi connectivity index (χ1n) is 8.56. The quantitative estimate of drug-likeness (QED) is 0.756. The third kappa shape index (κ3) is 3.43. The second-order valence-electron chi connectivity index (χ2n) is 7.51. The number of aliphatic carboxylic acids is 1. The van der Waals surface area contributed by atoms with Gasteiger partial charge >= 0.3 is 5.97 Å².